The summed E-state index contributed by atoms with van der Waals surface area (Å²) in [6.45, 7) is 5.43. The molecule has 0 radical (unpaired) electrons. The predicted octanol–water partition coefficient (Wildman–Crippen LogP) is 2.31. The molecule has 10 heteroatoms. The van der Waals surface area contributed by atoms with Gasteiger partial charge in [0.25, 0.3) is 5.91 Å². The van der Waals surface area contributed by atoms with E-state index < -0.39 is 5.41 Å². The summed E-state index contributed by atoms with van der Waals surface area (Å²) in [4.78, 5) is 45.9. The number of fused-ring (bicyclic) bond motifs is 1. The van der Waals surface area contributed by atoms with E-state index in [1.807, 2.05) is 47.4 Å². The Balaban J connectivity index is 1.19. The van der Waals surface area contributed by atoms with Gasteiger partial charge in [0, 0.05) is 51.5 Å². The zero-order valence-electron chi connectivity index (χ0n) is 24.3. The topological polar surface area (TPSA) is 103 Å². The standard InChI is InChI=1S/C32H41N5O5/c1-41-26-11-9-25(10-12-26)36-18-20-37(21-19-36)29(38)23-35-17-6-14-32(24-35)13-4-5-22-42-28-8-3-2-7-27(28)30(39)33-15-16-34-31(32)40/h2-5,7-12H,6,13-24H2,1H3,(H,33,39)(H,34,40)/b5-4-. The molecule has 3 aliphatic heterocycles. The van der Waals surface area contributed by atoms with Gasteiger partial charge in [-0.3, -0.25) is 19.3 Å². The molecule has 2 fully saturated rings. The number of para-hydroxylation sites is 1. The summed E-state index contributed by atoms with van der Waals surface area (Å²) in [5, 5.41) is 5.93. The zero-order valence-corrected chi connectivity index (χ0v) is 24.3. The predicted molar refractivity (Wildman–Crippen MR) is 161 cm³/mol. The van der Waals surface area contributed by atoms with Crippen LogP contribution in [0.15, 0.2) is 60.7 Å². The van der Waals surface area contributed by atoms with Crippen molar-refractivity contribution in [2.24, 2.45) is 5.41 Å². The van der Waals surface area contributed by atoms with E-state index in [0.717, 1.165) is 43.9 Å². The molecular weight excluding hydrogens is 534 g/mol. The Bertz CT molecular complexity index is 1270. The minimum atomic E-state index is -0.645. The number of carbonyl (C=O) groups is 3. The number of piperidine rings is 1. The second kappa shape index (κ2) is 13.7. The molecular formula is C32H41N5O5. The van der Waals surface area contributed by atoms with Crippen LogP contribution in [-0.2, 0) is 9.59 Å². The molecule has 2 saturated heterocycles. The molecule has 2 N–H and O–H groups in total. The number of nitrogens with one attached hydrogen (secondary N) is 2. The number of carbonyl (C=O) groups excluding carboxylic acids is 3. The van der Waals surface area contributed by atoms with Gasteiger partial charge < -0.3 is 29.9 Å². The van der Waals surface area contributed by atoms with Gasteiger partial charge in [0.05, 0.1) is 24.6 Å². The molecule has 224 valence electrons. The van der Waals surface area contributed by atoms with Crippen LogP contribution >= 0.6 is 0 Å². The van der Waals surface area contributed by atoms with Crippen LogP contribution < -0.4 is 25.0 Å². The lowest BCUT2D eigenvalue weighted by Gasteiger charge is -2.42. The number of hydrogen-bond donors (Lipinski definition) is 2. The molecule has 3 aliphatic rings. The van der Waals surface area contributed by atoms with Crippen molar-refractivity contribution in [3.8, 4) is 11.5 Å². The first-order valence-corrected chi connectivity index (χ1v) is 14.8. The van der Waals surface area contributed by atoms with Gasteiger partial charge in [-0.05, 0) is 62.2 Å². The molecule has 0 saturated carbocycles. The molecule has 2 aromatic carbocycles. The summed E-state index contributed by atoms with van der Waals surface area (Å²) in [5.41, 5.74) is 0.956. The highest BCUT2D eigenvalue weighted by Crippen LogP contribution is 2.35. The van der Waals surface area contributed by atoms with E-state index in [0.29, 0.717) is 63.6 Å². The van der Waals surface area contributed by atoms with Crippen molar-refractivity contribution in [2.45, 2.75) is 19.3 Å². The number of methoxy groups -OCH3 is 1. The molecule has 3 heterocycles. The van der Waals surface area contributed by atoms with Crippen LogP contribution in [0, 0.1) is 5.41 Å². The highest BCUT2D eigenvalue weighted by Gasteiger charge is 2.41. The van der Waals surface area contributed by atoms with E-state index >= 15 is 0 Å². The van der Waals surface area contributed by atoms with Gasteiger partial charge in [-0.1, -0.05) is 24.3 Å². The van der Waals surface area contributed by atoms with Crippen LogP contribution in [0.4, 0.5) is 5.69 Å². The Morgan fingerprint density at radius 1 is 0.952 bits per heavy atom. The van der Waals surface area contributed by atoms with E-state index in [9.17, 15) is 14.4 Å². The minimum Gasteiger partial charge on any atom is -0.497 e. The van der Waals surface area contributed by atoms with Crippen molar-refractivity contribution in [1.82, 2.24) is 20.4 Å². The molecule has 0 aromatic heterocycles. The number of nitrogens with zero attached hydrogens (tertiary/aromatic N) is 3. The van der Waals surface area contributed by atoms with Gasteiger partial charge in [-0.25, -0.2) is 0 Å². The summed E-state index contributed by atoms with van der Waals surface area (Å²) in [6, 6.07) is 15.2. The molecule has 2 aromatic rings. The molecule has 1 atom stereocenters. The summed E-state index contributed by atoms with van der Waals surface area (Å²) >= 11 is 0. The minimum absolute atomic E-state index is 0.0370. The van der Waals surface area contributed by atoms with Gasteiger partial charge in [-0.15, -0.1) is 0 Å². The quantitative estimate of drug-likeness (QED) is 0.540. The third-order valence-electron chi connectivity index (χ3n) is 8.40. The first kappa shape index (κ1) is 29.4. The Kier molecular flexibility index (Phi) is 9.63. The second-order valence-corrected chi connectivity index (χ2v) is 11.2. The van der Waals surface area contributed by atoms with E-state index in [1.165, 1.54) is 0 Å². The smallest absolute Gasteiger partial charge is 0.255 e. The lowest BCUT2D eigenvalue weighted by atomic mass is 9.76. The highest BCUT2D eigenvalue weighted by molar-refractivity contribution is 5.97. The van der Waals surface area contributed by atoms with Gasteiger partial charge in [-0.2, -0.15) is 0 Å². The maximum absolute atomic E-state index is 13.6. The lowest BCUT2D eigenvalue weighted by Crippen LogP contribution is -2.56. The third kappa shape index (κ3) is 7.05. The normalized spacial score (nSPS) is 23.2. The second-order valence-electron chi connectivity index (χ2n) is 11.2. The summed E-state index contributed by atoms with van der Waals surface area (Å²) in [7, 11) is 1.66. The molecule has 3 amide bonds. The van der Waals surface area contributed by atoms with Gasteiger partial charge in [0.2, 0.25) is 11.8 Å². The molecule has 1 spiro atoms. The van der Waals surface area contributed by atoms with Gasteiger partial charge >= 0.3 is 0 Å². The monoisotopic (exact) mass is 575 g/mol. The number of hydrogen-bond acceptors (Lipinski definition) is 7. The van der Waals surface area contributed by atoms with Crippen LogP contribution in [0.2, 0.25) is 0 Å². The fourth-order valence-corrected chi connectivity index (χ4v) is 6.03. The number of amides is 3. The average Bonchev–Trinajstić information content (AvgIpc) is 3.03. The van der Waals surface area contributed by atoms with E-state index in [-0.39, 0.29) is 17.7 Å². The van der Waals surface area contributed by atoms with Crippen molar-refractivity contribution in [3.05, 3.63) is 66.2 Å². The maximum atomic E-state index is 13.6. The SMILES string of the molecule is COc1ccc(N2CCN(C(=O)CN3CCCC4(C/C=C\COc5ccccc5C(=O)NCCNC4=O)C3)CC2)cc1. The number of anilines is 1. The fraction of sp³-hybridized carbons (Fsp3) is 0.469. The Morgan fingerprint density at radius 2 is 1.71 bits per heavy atom. The van der Waals surface area contributed by atoms with Crippen LogP contribution in [0.25, 0.3) is 0 Å². The molecule has 42 heavy (non-hydrogen) atoms. The van der Waals surface area contributed by atoms with E-state index in [1.54, 1.807) is 25.3 Å². The maximum Gasteiger partial charge on any atom is 0.255 e. The molecule has 1 unspecified atom stereocenters. The first-order chi connectivity index (χ1) is 20.5. The van der Waals surface area contributed by atoms with Crippen LogP contribution in [0.3, 0.4) is 0 Å². The molecule has 5 rings (SSSR count). The number of benzene rings is 2. The van der Waals surface area contributed by atoms with Crippen molar-refractivity contribution >= 4 is 23.4 Å². The Labute approximate surface area is 247 Å². The number of ether oxygens (including phenoxy) is 2. The summed E-state index contributed by atoms with van der Waals surface area (Å²) in [5.74, 6) is 1.19. The van der Waals surface area contributed by atoms with E-state index in [2.05, 4.69) is 20.4 Å². The van der Waals surface area contributed by atoms with Crippen LogP contribution in [-0.4, -0.2) is 100 Å². The average molecular weight is 576 g/mol. The van der Waals surface area contributed by atoms with Crippen molar-refractivity contribution < 1.29 is 23.9 Å². The summed E-state index contributed by atoms with van der Waals surface area (Å²) < 4.78 is 11.1. The number of piperazine rings is 1. The van der Waals surface area contributed by atoms with Crippen molar-refractivity contribution in [1.29, 1.82) is 0 Å². The molecule has 0 bridgehead atoms. The first-order valence-electron chi connectivity index (χ1n) is 14.8. The van der Waals surface area contributed by atoms with Crippen molar-refractivity contribution in [3.63, 3.8) is 0 Å². The number of likely N-dealkylation sites (tertiary alicyclic amines) is 1. The van der Waals surface area contributed by atoms with Gasteiger partial charge in [0.1, 0.15) is 18.1 Å². The van der Waals surface area contributed by atoms with Crippen LogP contribution in [0.5, 0.6) is 11.5 Å². The summed E-state index contributed by atoms with van der Waals surface area (Å²) in [6.07, 6.45) is 6.03. The Morgan fingerprint density at radius 3 is 2.50 bits per heavy atom. The van der Waals surface area contributed by atoms with Gasteiger partial charge in [0.15, 0.2) is 0 Å². The number of rotatable bonds is 4. The highest BCUT2D eigenvalue weighted by atomic mass is 16.5. The zero-order chi connectivity index (χ0) is 29.4. The largest absolute Gasteiger partial charge is 0.497 e. The van der Waals surface area contributed by atoms with Crippen LogP contribution in [0.1, 0.15) is 29.6 Å². The van der Waals surface area contributed by atoms with E-state index in [4.69, 9.17) is 9.47 Å². The Hall–Kier alpha value is -4.05. The fourth-order valence-electron chi connectivity index (χ4n) is 6.03. The molecule has 10 nitrogen and oxygen atoms in total. The number of allylic oxidation sites excluding steroid dienone is 1. The molecule has 0 aliphatic carbocycles. The van der Waals surface area contributed by atoms with Crippen molar-refractivity contribution in [2.75, 3.05) is 77.5 Å². The lowest BCUT2D eigenvalue weighted by molar-refractivity contribution is -0.139. The third-order valence-corrected chi connectivity index (χ3v) is 8.40.